The van der Waals surface area contributed by atoms with E-state index in [0.717, 1.165) is 5.69 Å². The molecule has 0 bridgehead atoms. The van der Waals surface area contributed by atoms with E-state index in [9.17, 15) is 18.7 Å². The number of hydrogen-bond acceptors (Lipinski definition) is 4. The summed E-state index contributed by atoms with van der Waals surface area (Å²) in [7, 11) is 0. The quantitative estimate of drug-likeness (QED) is 0.359. The summed E-state index contributed by atoms with van der Waals surface area (Å²) in [5.74, 6) is -1.45. The van der Waals surface area contributed by atoms with Gasteiger partial charge in [-0.15, -0.1) is 0 Å². The second-order valence-electron chi connectivity index (χ2n) is 8.12. The van der Waals surface area contributed by atoms with Gasteiger partial charge in [-0.05, 0) is 73.5 Å². The Bertz CT molecular complexity index is 1260. The van der Waals surface area contributed by atoms with Crippen molar-refractivity contribution < 1.29 is 18.7 Å². The number of benzene rings is 2. The Labute approximate surface area is 195 Å². The maximum Gasteiger partial charge on any atom is 0.252 e. The Kier molecular flexibility index (Phi) is 7.08. The third-order valence-corrected chi connectivity index (χ3v) is 5.39. The van der Waals surface area contributed by atoms with E-state index in [0.29, 0.717) is 24.1 Å². The fourth-order valence-corrected chi connectivity index (χ4v) is 3.84. The average molecular weight is 463 g/mol. The lowest BCUT2D eigenvalue weighted by Gasteiger charge is -2.21. The van der Waals surface area contributed by atoms with E-state index in [1.165, 1.54) is 30.3 Å². The predicted molar refractivity (Wildman–Crippen MR) is 125 cm³/mol. The average Bonchev–Trinajstić information content (AvgIpc) is 3.29. The van der Waals surface area contributed by atoms with Crippen LogP contribution in [0.15, 0.2) is 72.9 Å². The Morgan fingerprint density at radius 2 is 1.88 bits per heavy atom. The lowest BCUT2D eigenvalue weighted by molar-refractivity contribution is 0.0917. The van der Waals surface area contributed by atoms with Crippen molar-refractivity contribution in [3.63, 3.8) is 0 Å². The molecule has 2 heterocycles. The normalized spacial score (nSPS) is 12.8. The summed E-state index contributed by atoms with van der Waals surface area (Å²) in [6.07, 6.45) is 1.74. The van der Waals surface area contributed by atoms with Crippen LogP contribution in [0.25, 0.3) is 22.5 Å². The van der Waals surface area contributed by atoms with E-state index < -0.39 is 23.9 Å². The van der Waals surface area contributed by atoms with Gasteiger partial charge in [0.1, 0.15) is 11.6 Å². The largest absolute Gasteiger partial charge is 0.393 e. The number of nitrogens with zero attached hydrogens (tertiary/aromatic N) is 2. The summed E-state index contributed by atoms with van der Waals surface area (Å²) in [5, 5.41) is 19.8. The van der Waals surface area contributed by atoms with Crippen LogP contribution in [0.2, 0.25) is 0 Å². The highest BCUT2D eigenvalue weighted by Gasteiger charge is 2.23. The molecule has 0 aliphatic heterocycles. The van der Waals surface area contributed by atoms with Crippen molar-refractivity contribution in [2.45, 2.75) is 31.9 Å². The van der Waals surface area contributed by atoms with Crippen molar-refractivity contribution in [1.82, 2.24) is 20.5 Å². The maximum atomic E-state index is 14.9. The Balaban J connectivity index is 1.62. The van der Waals surface area contributed by atoms with Crippen molar-refractivity contribution >= 4 is 5.91 Å². The topological polar surface area (TPSA) is 90.9 Å². The van der Waals surface area contributed by atoms with Gasteiger partial charge in [0.25, 0.3) is 5.91 Å². The number of nitrogens with one attached hydrogen (secondary N) is 2. The van der Waals surface area contributed by atoms with Crippen LogP contribution >= 0.6 is 0 Å². The summed E-state index contributed by atoms with van der Waals surface area (Å²) in [6.45, 7) is 1.64. The number of pyridine rings is 1. The van der Waals surface area contributed by atoms with Crippen LogP contribution in [-0.2, 0) is 6.42 Å². The molecule has 8 heteroatoms. The number of hydrogen-bond donors (Lipinski definition) is 3. The van der Waals surface area contributed by atoms with Gasteiger partial charge in [-0.25, -0.2) is 8.78 Å². The minimum atomic E-state index is -0.648. The first-order valence-electron chi connectivity index (χ1n) is 10.9. The van der Waals surface area contributed by atoms with E-state index in [-0.39, 0.29) is 22.6 Å². The van der Waals surface area contributed by atoms with Gasteiger partial charge < -0.3 is 10.4 Å². The van der Waals surface area contributed by atoms with Crippen LogP contribution in [-0.4, -0.2) is 38.3 Å². The van der Waals surface area contributed by atoms with E-state index >= 15 is 0 Å². The summed E-state index contributed by atoms with van der Waals surface area (Å²) in [4.78, 5) is 17.5. The van der Waals surface area contributed by atoms with Crippen molar-refractivity contribution in [2.75, 3.05) is 0 Å². The zero-order chi connectivity index (χ0) is 24.1. The fourth-order valence-electron chi connectivity index (χ4n) is 3.84. The van der Waals surface area contributed by atoms with Gasteiger partial charge in [0.15, 0.2) is 0 Å². The van der Waals surface area contributed by atoms with Crippen LogP contribution in [0.1, 0.15) is 29.4 Å². The highest BCUT2D eigenvalue weighted by molar-refractivity contribution is 6.01. The Morgan fingerprint density at radius 1 is 1.09 bits per heavy atom. The van der Waals surface area contributed by atoms with Crippen LogP contribution in [0, 0.1) is 11.6 Å². The standard InChI is InChI=1S/C26H24F2N4O2/c1-16(33)13-20(14-19-5-2-3-12-29-19)30-26(34)21-6-4-7-22(28)25(21)24-15-23(31-32-24)17-8-10-18(27)11-9-17/h2-12,15-16,20,33H,13-14H2,1H3,(H,30,34)(H,31,32)/t16-,20-/m1/s1. The molecule has 2 atom stereocenters. The number of aliphatic hydroxyl groups is 1. The first-order valence-corrected chi connectivity index (χ1v) is 10.9. The molecular formula is C26H24F2N4O2. The van der Waals surface area contributed by atoms with Gasteiger partial charge >= 0.3 is 0 Å². The van der Waals surface area contributed by atoms with Crippen LogP contribution in [0.3, 0.4) is 0 Å². The number of amides is 1. The van der Waals surface area contributed by atoms with E-state index in [4.69, 9.17) is 0 Å². The van der Waals surface area contributed by atoms with Gasteiger partial charge in [-0.3, -0.25) is 14.9 Å². The molecule has 4 rings (SSSR count). The van der Waals surface area contributed by atoms with E-state index in [1.54, 1.807) is 37.4 Å². The van der Waals surface area contributed by atoms with Gasteiger partial charge in [0.05, 0.1) is 28.6 Å². The SMILES string of the molecule is C[C@@H](O)C[C@H](Cc1ccccn1)NC(=O)c1cccc(F)c1-c1cc(-c2ccc(F)cc2)[nH]n1. The zero-order valence-electron chi connectivity index (χ0n) is 18.5. The minimum absolute atomic E-state index is 0.0539. The number of carbonyl (C=O) groups excluding carboxylic acids is 1. The first kappa shape index (κ1) is 23.3. The summed E-state index contributed by atoms with van der Waals surface area (Å²) >= 11 is 0. The summed E-state index contributed by atoms with van der Waals surface area (Å²) < 4.78 is 28.2. The molecule has 34 heavy (non-hydrogen) atoms. The summed E-state index contributed by atoms with van der Waals surface area (Å²) in [5.41, 5.74) is 2.43. The number of halogens is 2. The van der Waals surface area contributed by atoms with Crippen LogP contribution in [0.4, 0.5) is 8.78 Å². The number of aromatic nitrogens is 3. The fraction of sp³-hybridized carbons (Fsp3) is 0.192. The van der Waals surface area contributed by atoms with Gasteiger partial charge in [-0.2, -0.15) is 5.10 Å². The van der Waals surface area contributed by atoms with Gasteiger partial charge in [-0.1, -0.05) is 12.1 Å². The molecule has 0 radical (unpaired) electrons. The van der Waals surface area contributed by atoms with Crippen LogP contribution < -0.4 is 5.32 Å². The number of aromatic amines is 1. The van der Waals surface area contributed by atoms with E-state index in [1.807, 2.05) is 12.1 Å². The number of H-pyrrole nitrogens is 1. The predicted octanol–water partition coefficient (Wildman–Crippen LogP) is 4.53. The molecule has 0 aliphatic rings. The molecular weight excluding hydrogens is 438 g/mol. The number of aliphatic hydroxyl groups excluding tert-OH is 1. The summed E-state index contributed by atoms with van der Waals surface area (Å²) in [6, 6.07) is 16.8. The third kappa shape index (κ3) is 5.52. The van der Waals surface area contributed by atoms with Crippen molar-refractivity contribution in [2.24, 2.45) is 0 Å². The van der Waals surface area contributed by atoms with Crippen molar-refractivity contribution in [3.05, 3.63) is 95.8 Å². The lowest BCUT2D eigenvalue weighted by atomic mass is 10.00. The Hall–Kier alpha value is -3.91. The molecule has 0 unspecified atom stereocenters. The Morgan fingerprint density at radius 3 is 2.59 bits per heavy atom. The monoisotopic (exact) mass is 462 g/mol. The second-order valence-corrected chi connectivity index (χ2v) is 8.12. The highest BCUT2D eigenvalue weighted by Crippen LogP contribution is 2.29. The molecule has 6 nitrogen and oxygen atoms in total. The van der Waals surface area contributed by atoms with Crippen LogP contribution in [0.5, 0.6) is 0 Å². The van der Waals surface area contributed by atoms with Crippen molar-refractivity contribution in [1.29, 1.82) is 0 Å². The second kappa shape index (κ2) is 10.4. The molecule has 4 aromatic rings. The molecule has 2 aromatic heterocycles. The van der Waals surface area contributed by atoms with E-state index in [2.05, 4.69) is 20.5 Å². The number of rotatable bonds is 8. The third-order valence-electron chi connectivity index (χ3n) is 5.39. The molecule has 0 fully saturated rings. The molecule has 174 valence electrons. The zero-order valence-corrected chi connectivity index (χ0v) is 18.5. The lowest BCUT2D eigenvalue weighted by Crippen LogP contribution is -2.39. The van der Waals surface area contributed by atoms with Crippen molar-refractivity contribution in [3.8, 4) is 22.5 Å². The molecule has 0 saturated heterocycles. The number of carbonyl (C=O) groups is 1. The van der Waals surface area contributed by atoms with Gasteiger partial charge in [0.2, 0.25) is 0 Å². The first-order chi connectivity index (χ1) is 16.4. The maximum absolute atomic E-state index is 14.9. The molecule has 0 saturated carbocycles. The minimum Gasteiger partial charge on any atom is -0.393 e. The molecule has 0 spiro atoms. The molecule has 2 aromatic carbocycles. The molecule has 1 amide bonds. The molecule has 3 N–H and O–H groups in total. The highest BCUT2D eigenvalue weighted by atomic mass is 19.1. The van der Waals surface area contributed by atoms with Gasteiger partial charge in [0, 0.05) is 24.4 Å². The molecule has 0 aliphatic carbocycles. The smallest absolute Gasteiger partial charge is 0.252 e.